The number of thioether (sulfide) groups is 1. The number of benzene rings is 1. The monoisotopic (exact) mass is 351 g/mol. The lowest BCUT2D eigenvalue weighted by Gasteiger charge is -2.28. The SMILES string of the molecule is COc1ccc(N2CCSCC2)c2oc(C#Cc3cccnc3)nc12. The summed E-state index contributed by atoms with van der Waals surface area (Å²) in [4.78, 5) is 10.9. The maximum absolute atomic E-state index is 5.98. The number of fused-ring (bicyclic) bond motifs is 1. The van der Waals surface area contributed by atoms with Crippen molar-refractivity contribution in [3.63, 3.8) is 0 Å². The van der Waals surface area contributed by atoms with Gasteiger partial charge in [-0.3, -0.25) is 4.98 Å². The Hall–Kier alpha value is -2.65. The predicted octanol–water partition coefficient (Wildman–Crippen LogP) is 3.18. The van der Waals surface area contributed by atoms with Gasteiger partial charge in [-0.2, -0.15) is 16.7 Å². The van der Waals surface area contributed by atoms with E-state index in [0.29, 0.717) is 17.2 Å². The average molecular weight is 351 g/mol. The Morgan fingerprint density at radius 2 is 2.08 bits per heavy atom. The minimum absolute atomic E-state index is 0.385. The molecule has 2 aromatic heterocycles. The van der Waals surface area contributed by atoms with Gasteiger partial charge in [-0.1, -0.05) is 5.92 Å². The van der Waals surface area contributed by atoms with Crippen LogP contribution in [-0.4, -0.2) is 41.7 Å². The van der Waals surface area contributed by atoms with Gasteiger partial charge in [0.15, 0.2) is 11.1 Å². The van der Waals surface area contributed by atoms with Crippen LogP contribution in [0.15, 0.2) is 41.1 Å². The van der Waals surface area contributed by atoms with Crippen molar-refractivity contribution in [2.45, 2.75) is 0 Å². The fraction of sp³-hybridized carbons (Fsp3) is 0.263. The van der Waals surface area contributed by atoms with Crippen molar-refractivity contribution < 1.29 is 9.15 Å². The van der Waals surface area contributed by atoms with E-state index in [1.807, 2.05) is 36.0 Å². The zero-order valence-electron chi connectivity index (χ0n) is 13.9. The number of ether oxygens (including phenoxy) is 1. The number of pyridine rings is 1. The summed E-state index contributed by atoms with van der Waals surface area (Å²) in [6.07, 6.45) is 3.44. The van der Waals surface area contributed by atoms with E-state index in [1.165, 1.54) is 0 Å². The summed E-state index contributed by atoms with van der Waals surface area (Å²) in [5, 5.41) is 0. The number of anilines is 1. The van der Waals surface area contributed by atoms with E-state index in [9.17, 15) is 0 Å². The largest absolute Gasteiger partial charge is 0.494 e. The lowest BCUT2D eigenvalue weighted by molar-refractivity contribution is 0.419. The Bertz CT molecular complexity index is 938. The summed E-state index contributed by atoms with van der Waals surface area (Å²) in [6, 6.07) is 7.74. The van der Waals surface area contributed by atoms with Gasteiger partial charge in [0.25, 0.3) is 5.89 Å². The molecule has 0 aliphatic carbocycles. The molecule has 5 nitrogen and oxygen atoms in total. The Balaban J connectivity index is 1.76. The number of methoxy groups -OCH3 is 1. The van der Waals surface area contributed by atoms with Gasteiger partial charge in [0, 0.05) is 42.6 Å². The van der Waals surface area contributed by atoms with Crippen LogP contribution in [0.3, 0.4) is 0 Å². The first kappa shape index (κ1) is 15.9. The average Bonchev–Trinajstić information content (AvgIpc) is 3.11. The number of aromatic nitrogens is 2. The molecule has 1 aromatic carbocycles. The summed E-state index contributed by atoms with van der Waals surface area (Å²) in [6.45, 7) is 2.01. The molecule has 0 bridgehead atoms. The number of rotatable bonds is 2. The molecule has 0 atom stereocenters. The second-order valence-electron chi connectivity index (χ2n) is 5.57. The van der Waals surface area contributed by atoms with E-state index in [1.54, 1.807) is 19.5 Å². The summed E-state index contributed by atoms with van der Waals surface area (Å²) in [5.74, 6) is 9.34. The molecule has 0 N–H and O–H groups in total. The predicted molar refractivity (Wildman–Crippen MR) is 100 cm³/mol. The molecule has 6 heteroatoms. The van der Waals surface area contributed by atoms with Gasteiger partial charge in [-0.05, 0) is 30.2 Å². The number of nitrogens with zero attached hydrogens (tertiary/aromatic N) is 3. The molecule has 0 radical (unpaired) electrons. The molecule has 25 heavy (non-hydrogen) atoms. The molecular formula is C19H17N3O2S. The first-order valence-electron chi connectivity index (χ1n) is 8.07. The molecule has 0 saturated carbocycles. The van der Waals surface area contributed by atoms with Crippen LogP contribution in [-0.2, 0) is 0 Å². The Labute approximate surface area is 150 Å². The van der Waals surface area contributed by atoms with E-state index in [0.717, 1.165) is 41.4 Å². The van der Waals surface area contributed by atoms with Crippen LogP contribution in [0, 0.1) is 11.8 Å². The van der Waals surface area contributed by atoms with Crippen molar-refractivity contribution >= 4 is 28.5 Å². The molecule has 3 aromatic rings. The first-order valence-corrected chi connectivity index (χ1v) is 9.23. The fourth-order valence-corrected chi connectivity index (χ4v) is 3.71. The number of hydrogen-bond acceptors (Lipinski definition) is 6. The molecule has 3 heterocycles. The van der Waals surface area contributed by atoms with Crippen LogP contribution in [0.4, 0.5) is 5.69 Å². The smallest absolute Gasteiger partial charge is 0.274 e. The quantitative estimate of drug-likeness (QED) is 0.661. The van der Waals surface area contributed by atoms with Crippen molar-refractivity contribution in [2.24, 2.45) is 0 Å². The van der Waals surface area contributed by atoms with E-state index < -0.39 is 0 Å². The minimum atomic E-state index is 0.385. The van der Waals surface area contributed by atoms with E-state index in [-0.39, 0.29) is 0 Å². The van der Waals surface area contributed by atoms with Crippen molar-refractivity contribution in [1.82, 2.24) is 9.97 Å². The lowest BCUT2D eigenvalue weighted by Crippen LogP contribution is -2.32. The van der Waals surface area contributed by atoms with Crippen LogP contribution in [0.5, 0.6) is 5.75 Å². The Morgan fingerprint density at radius 1 is 1.20 bits per heavy atom. The van der Waals surface area contributed by atoms with E-state index in [2.05, 4.69) is 26.7 Å². The van der Waals surface area contributed by atoms with Gasteiger partial charge in [-0.25, -0.2) is 0 Å². The van der Waals surface area contributed by atoms with E-state index in [4.69, 9.17) is 9.15 Å². The Morgan fingerprint density at radius 3 is 2.84 bits per heavy atom. The van der Waals surface area contributed by atoms with Gasteiger partial charge >= 0.3 is 0 Å². The normalized spacial score (nSPS) is 14.2. The maximum atomic E-state index is 5.98. The van der Waals surface area contributed by atoms with Crippen LogP contribution in [0.2, 0.25) is 0 Å². The molecule has 4 rings (SSSR count). The summed E-state index contributed by atoms with van der Waals surface area (Å²) < 4.78 is 11.4. The second kappa shape index (κ2) is 7.08. The highest BCUT2D eigenvalue weighted by atomic mass is 32.2. The lowest BCUT2D eigenvalue weighted by atomic mass is 10.2. The van der Waals surface area contributed by atoms with Gasteiger partial charge in [0.1, 0.15) is 5.75 Å². The zero-order valence-corrected chi connectivity index (χ0v) is 14.7. The maximum Gasteiger partial charge on any atom is 0.274 e. The van der Waals surface area contributed by atoms with Crippen molar-refractivity contribution in [1.29, 1.82) is 0 Å². The molecule has 0 spiro atoms. The number of oxazole rings is 1. The van der Waals surface area contributed by atoms with Crippen LogP contribution in [0.1, 0.15) is 11.5 Å². The molecule has 0 unspecified atom stereocenters. The highest BCUT2D eigenvalue weighted by molar-refractivity contribution is 7.99. The molecule has 1 saturated heterocycles. The van der Waals surface area contributed by atoms with Crippen LogP contribution >= 0.6 is 11.8 Å². The number of hydrogen-bond donors (Lipinski definition) is 0. The first-order chi connectivity index (χ1) is 12.3. The summed E-state index contributed by atoms with van der Waals surface area (Å²) in [5.41, 5.74) is 3.33. The fourth-order valence-electron chi connectivity index (χ4n) is 2.80. The minimum Gasteiger partial charge on any atom is -0.494 e. The van der Waals surface area contributed by atoms with Crippen molar-refractivity contribution in [3.8, 4) is 17.6 Å². The molecule has 1 aliphatic heterocycles. The zero-order chi connectivity index (χ0) is 17.1. The molecule has 1 aliphatic rings. The molecule has 126 valence electrons. The third-order valence-electron chi connectivity index (χ3n) is 4.03. The topological polar surface area (TPSA) is 51.4 Å². The third-order valence-corrected chi connectivity index (χ3v) is 4.98. The van der Waals surface area contributed by atoms with Crippen molar-refractivity contribution in [3.05, 3.63) is 48.1 Å². The Kier molecular flexibility index (Phi) is 4.49. The molecule has 0 amide bonds. The molecular weight excluding hydrogens is 334 g/mol. The van der Waals surface area contributed by atoms with Crippen molar-refractivity contribution in [2.75, 3.05) is 36.6 Å². The van der Waals surface area contributed by atoms with Gasteiger partial charge in [0.2, 0.25) is 0 Å². The van der Waals surface area contributed by atoms with Gasteiger partial charge in [0.05, 0.1) is 12.8 Å². The summed E-state index contributed by atoms with van der Waals surface area (Å²) in [7, 11) is 1.64. The highest BCUT2D eigenvalue weighted by Crippen LogP contribution is 2.34. The van der Waals surface area contributed by atoms with Crippen LogP contribution in [0.25, 0.3) is 11.1 Å². The third kappa shape index (κ3) is 3.28. The van der Waals surface area contributed by atoms with Crippen LogP contribution < -0.4 is 9.64 Å². The van der Waals surface area contributed by atoms with Gasteiger partial charge < -0.3 is 14.1 Å². The second-order valence-corrected chi connectivity index (χ2v) is 6.80. The highest BCUT2D eigenvalue weighted by Gasteiger charge is 2.20. The standard InChI is InChI=1S/C19H17N3O2S/c1-23-16-6-5-15(22-9-11-25-12-10-22)19-18(16)21-17(24-19)7-4-14-3-2-8-20-13-14/h2-3,5-6,8,13H,9-12H2,1H3. The van der Waals surface area contributed by atoms with Gasteiger partial charge in [-0.15, -0.1) is 0 Å². The molecule has 1 fully saturated rings. The van der Waals surface area contributed by atoms with E-state index >= 15 is 0 Å². The summed E-state index contributed by atoms with van der Waals surface area (Å²) >= 11 is 1.98.